The number of hydrogen-bond acceptors (Lipinski definition) is 5. The van der Waals surface area contributed by atoms with Gasteiger partial charge in [0.05, 0.1) is 18.1 Å². The molecule has 0 aliphatic carbocycles. The average Bonchev–Trinajstić information content (AvgIpc) is 2.28. The van der Waals surface area contributed by atoms with Crippen molar-refractivity contribution in [3.05, 3.63) is 28.3 Å². The first-order valence-corrected chi connectivity index (χ1v) is 4.47. The van der Waals surface area contributed by atoms with Crippen molar-refractivity contribution >= 4 is 5.69 Å². The largest absolute Gasteiger partial charge is 0.493 e. The molecular weight excluding hydrogens is 212 g/mol. The fourth-order valence-corrected chi connectivity index (χ4v) is 1.09. The third kappa shape index (κ3) is 2.60. The summed E-state index contributed by atoms with van der Waals surface area (Å²) in [7, 11) is 1.42. The Kier molecular flexibility index (Phi) is 3.67. The van der Waals surface area contributed by atoms with Gasteiger partial charge >= 0.3 is 0 Å². The van der Waals surface area contributed by atoms with Gasteiger partial charge in [0.15, 0.2) is 17.6 Å². The Hall–Kier alpha value is -2.29. The van der Waals surface area contributed by atoms with Crippen LogP contribution in [0.4, 0.5) is 5.69 Å². The van der Waals surface area contributed by atoms with E-state index in [0.717, 1.165) is 0 Å². The molecule has 1 atom stereocenters. The Bertz CT molecular complexity index is 439. The lowest BCUT2D eigenvalue weighted by Gasteiger charge is -2.11. The van der Waals surface area contributed by atoms with E-state index in [0.29, 0.717) is 5.75 Å². The number of nitro benzene ring substituents is 1. The molecule has 0 unspecified atom stereocenters. The molecule has 0 heterocycles. The first-order chi connectivity index (χ1) is 7.58. The van der Waals surface area contributed by atoms with Gasteiger partial charge in [0.1, 0.15) is 6.07 Å². The number of nitro groups is 1. The second kappa shape index (κ2) is 4.98. The van der Waals surface area contributed by atoms with Gasteiger partial charge in [-0.15, -0.1) is 0 Å². The highest BCUT2D eigenvalue weighted by molar-refractivity contribution is 5.48. The van der Waals surface area contributed by atoms with E-state index in [2.05, 4.69) is 0 Å². The van der Waals surface area contributed by atoms with Crippen molar-refractivity contribution < 1.29 is 14.4 Å². The molecular formula is C10H10N2O4. The van der Waals surface area contributed by atoms with E-state index in [1.165, 1.54) is 32.2 Å². The molecule has 0 bridgehead atoms. The summed E-state index contributed by atoms with van der Waals surface area (Å²) in [6, 6.07) is 5.83. The van der Waals surface area contributed by atoms with Crippen LogP contribution in [-0.2, 0) is 0 Å². The van der Waals surface area contributed by atoms with Crippen molar-refractivity contribution in [3.63, 3.8) is 0 Å². The molecule has 1 aromatic rings. The molecule has 0 spiro atoms. The Morgan fingerprint density at radius 1 is 1.50 bits per heavy atom. The number of rotatable bonds is 4. The van der Waals surface area contributed by atoms with Crippen LogP contribution in [0.3, 0.4) is 0 Å². The van der Waals surface area contributed by atoms with Crippen LogP contribution in [0.5, 0.6) is 11.5 Å². The normalized spacial score (nSPS) is 11.3. The minimum atomic E-state index is -0.698. The lowest BCUT2D eigenvalue weighted by molar-refractivity contribution is -0.385. The standard InChI is InChI=1S/C10H10N2O4/c1-7(6-11)16-10-5-8(12(13)14)3-4-9(10)15-2/h3-5,7H,1-2H3/t7-/m0/s1. The maximum atomic E-state index is 10.6. The van der Waals surface area contributed by atoms with Crippen LogP contribution in [-0.4, -0.2) is 18.1 Å². The maximum Gasteiger partial charge on any atom is 0.273 e. The Morgan fingerprint density at radius 2 is 2.19 bits per heavy atom. The molecule has 0 aliphatic rings. The van der Waals surface area contributed by atoms with Gasteiger partial charge in [0, 0.05) is 6.07 Å². The van der Waals surface area contributed by atoms with Crippen LogP contribution in [0.1, 0.15) is 6.92 Å². The third-order valence-corrected chi connectivity index (χ3v) is 1.84. The number of ether oxygens (including phenoxy) is 2. The monoisotopic (exact) mass is 222 g/mol. The fraction of sp³-hybridized carbons (Fsp3) is 0.300. The van der Waals surface area contributed by atoms with E-state index in [1.54, 1.807) is 0 Å². The molecule has 16 heavy (non-hydrogen) atoms. The fourth-order valence-electron chi connectivity index (χ4n) is 1.09. The molecule has 1 rings (SSSR count). The van der Waals surface area contributed by atoms with Crippen LogP contribution < -0.4 is 9.47 Å². The number of nitrogens with zero attached hydrogens (tertiary/aromatic N) is 2. The van der Waals surface area contributed by atoms with Gasteiger partial charge in [-0.25, -0.2) is 0 Å². The van der Waals surface area contributed by atoms with E-state index in [-0.39, 0.29) is 11.4 Å². The molecule has 1 aromatic carbocycles. The zero-order valence-corrected chi connectivity index (χ0v) is 8.84. The van der Waals surface area contributed by atoms with Gasteiger partial charge in [-0.2, -0.15) is 5.26 Å². The van der Waals surface area contributed by atoms with Crippen LogP contribution >= 0.6 is 0 Å². The summed E-state index contributed by atoms with van der Waals surface area (Å²) in [5, 5.41) is 19.1. The van der Waals surface area contributed by atoms with Crippen LogP contribution in [0.25, 0.3) is 0 Å². The molecule has 0 aromatic heterocycles. The van der Waals surface area contributed by atoms with Crippen LogP contribution in [0.2, 0.25) is 0 Å². The van der Waals surface area contributed by atoms with Crippen LogP contribution in [0.15, 0.2) is 18.2 Å². The molecule has 6 heteroatoms. The molecule has 0 saturated heterocycles. The number of non-ortho nitro benzene ring substituents is 1. The molecule has 0 aliphatic heterocycles. The smallest absolute Gasteiger partial charge is 0.273 e. The quantitative estimate of drug-likeness (QED) is 0.573. The highest BCUT2D eigenvalue weighted by atomic mass is 16.6. The van der Waals surface area contributed by atoms with Gasteiger partial charge in [-0.1, -0.05) is 0 Å². The van der Waals surface area contributed by atoms with Crippen molar-refractivity contribution in [3.8, 4) is 17.6 Å². The minimum Gasteiger partial charge on any atom is -0.493 e. The third-order valence-electron chi connectivity index (χ3n) is 1.84. The molecule has 0 saturated carbocycles. The van der Waals surface area contributed by atoms with Crippen molar-refractivity contribution in [2.24, 2.45) is 0 Å². The summed E-state index contributed by atoms with van der Waals surface area (Å²) >= 11 is 0. The lowest BCUT2D eigenvalue weighted by Crippen LogP contribution is -2.09. The summed E-state index contributed by atoms with van der Waals surface area (Å²) in [5.74, 6) is 0.540. The predicted octanol–water partition coefficient (Wildman–Crippen LogP) is 1.89. The maximum absolute atomic E-state index is 10.6. The molecule has 0 amide bonds. The first-order valence-electron chi connectivity index (χ1n) is 4.47. The number of nitriles is 1. The summed E-state index contributed by atoms with van der Waals surface area (Å²) in [6.07, 6.45) is -0.698. The zero-order valence-electron chi connectivity index (χ0n) is 8.84. The van der Waals surface area contributed by atoms with Gasteiger partial charge in [-0.3, -0.25) is 10.1 Å². The van der Waals surface area contributed by atoms with E-state index >= 15 is 0 Å². The van der Waals surface area contributed by atoms with Crippen LogP contribution in [0, 0.1) is 21.4 Å². The van der Waals surface area contributed by atoms with Gasteiger partial charge in [0.2, 0.25) is 0 Å². The summed E-state index contributed by atoms with van der Waals surface area (Å²) < 4.78 is 10.2. The summed E-state index contributed by atoms with van der Waals surface area (Å²) in [6.45, 7) is 1.54. The van der Waals surface area contributed by atoms with Gasteiger partial charge in [0.25, 0.3) is 5.69 Å². The Morgan fingerprint density at radius 3 is 2.69 bits per heavy atom. The number of benzene rings is 1. The highest BCUT2D eigenvalue weighted by Crippen LogP contribution is 2.31. The van der Waals surface area contributed by atoms with Gasteiger partial charge < -0.3 is 9.47 Å². The topological polar surface area (TPSA) is 85.4 Å². The second-order valence-electron chi connectivity index (χ2n) is 2.98. The Balaban J connectivity index is 3.08. The summed E-state index contributed by atoms with van der Waals surface area (Å²) in [4.78, 5) is 10.0. The Labute approximate surface area is 92.2 Å². The SMILES string of the molecule is COc1ccc([N+](=O)[O-])cc1O[C@@H](C)C#N. The minimum absolute atomic E-state index is 0.110. The van der Waals surface area contributed by atoms with E-state index in [1.807, 2.05) is 6.07 Å². The lowest BCUT2D eigenvalue weighted by atomic mass is 10.3. The zero-order chi connectivity index (χ0) is 12.1. The van der Waals surface area contributed by atoms with Crippen molar-refractivity contribution in [1.82, 2.24) is 0 Å². The average molecular weight is 222 g/mol. The van der Waals surface area contributed by atoms with Crippen molar-refractivity contribution in [2.75, 3.05) is 7.11 Å². The van der Waals surface area contributed by atoms with E-state index in [4.69, 9.17) is 14.7 Å². The van der Waals surface area contributed by atoms with E-state index < -0.39 is 11.0 Å². The van der Waals surface area contributed by atoms with Gasteiger partial charge in [-0.05, 0) is 13.0 Å². The number of hydrogen-bond donors (Lipinski definition) is 0. The number of methoxy groups -OCH3 is 1. The first kappa shape index (κ1) is 11.8. The highest BCUT2D eigenvalue weighted by Gasteiger charge is 2.14. The molecule has 6 nitrogen and oxygen atoms in total. The van der Waals surface area contributed by atoms with E-state index in [9.17, 15) is 10.1 Å². The second-order valence-corrected chi connectivity index (χ2v) is 2.98. The molecule has 0 N–H and O–H groups in total. The van der Waals surface area contributed by atoms with Crippen molar-refractivity contribution in [1.29, 1.82) is 5.26 Å². The predicted molar refractivity (Wildman–Crippen MR) is 55.4 cm³/mol. The molecule has 0 radical (unpaired) electrons. The summed E-state index contributed by atoms with van der Waals surface area (Å²) in [5.41, 5.74) is -0.110. The molecule has 0 fully saturated rings. The molecule has 84 valence electrons. The van der Waals surface area contributed by atoms with Crippen molar-refractivity contribution in [2.45, 2.75) is 13.0 Å².